The van der Waals surface area contributed by atoms with Crippen LogP contribution in [0.1, 0.15) is 64.9 Å². The highest BCUT2D eigenvalue weighted by Crippen LogP contribution is 2.39. The van der Waals surface area contributed by atoms with Crippen LogP contribution in [0.15, 0.2) is 48.5 Å². The highest BCUT2D eigenvalue weighted by atomic mass is 16.7. The number of esters is 2. The molecule has 1 aliphatic carbocycles. The minimum Gasteiger partial charge on any atom is -0.488 e. The molecule has 0 amide bonds. The number of hydrogen-bond acceptors (Lipinski definition) is 10. The van der Waals surface area contributed by atoms with Crippen LogP contribution in [-0.2, 0) is 30.3 Å². The van der Waals surface area contributed by atoms with Crippen LogP contribution in [0.5, 0.6) is 5.75 Å². The van der Waals surface area contributed by atoms with Crippen LogP contribution < -0.4 is 15.8 Å². The van der Waals surface area contributed by atoms with Gasteiger partial charge in [-0.3, -0.25) is 4.79 Å². The highest BCUT2D eigenvalue weighted by molar-refractivity contribution is 6.40. The van der Waals surface area contributed by atoms with Gasteiger partial charge in [0.2, 0.25) is 6.79 Å². The van der Waals surface area contributed by atoms with Crippen molar-refractivity contribution in [3.05, 3.63) is 54.1 Å². The van der Waals surface area contributed by atoms with Gasteiger partial charge in [-0.2, -0.15) is 0 Å². The molecule has 10 nitrogen and oxygen atoms in total. The van der Waals surface area contributed by atoms with Gasteiger partial charge in [0.15, 0.2) is 0 Å². The Labute approximate surface area is 260 Å². The molecule has 4 rings (SSSR count). The maximum Gasteiger partial charge on any atom is 0.451 e. The molecule has 1 unspecified atom stereocenters. The van der Waals surface area contributed by atoms with E-state index in [9.17, 15) is 19.6 Å². The first-order chi connectivity index (χ1) is 20.9. The first-order valence-corrected chi connectivity index (χ1v) is 15.6. The number of rotatable bonds is 15. The molecule has 240 valence electrons. The summed E-state index contributed by atoms with van der Waals surface area (Å²) >= 11 is 0. The van der Waals surface area contributed by atoms with Gasteiger partial charge in [-0.25, -0.2) is 4.79 Å². The van der Waals surface area contributed by atoms with E-state index in [4.69, 9.17) is 24.7 Å². The minimum atomic E-state index is -1.39. The van der Waals surface area contributed by atoms with Gasteiger partial charge in [0, 0.05) is 19.0 Å². The first kappa shape index (κ1) is 33.9. The Hall–Kier alpha value is -2.96. The number of nitrogens with one attached hydrogen (secondary N) is 1. The molecule has 2 fully saturated rings. The number of carbonyl (C=O) groups excluding carboxylic acids is 2. The van der Waals surface area contributed by atoms with Crippen molar-refractivity contribution >= 4 is 19.1 Å². The topological polar surface area (TPSA) is 150 Å². The number of unbranched alkanes of at least 4 members (excludes halogenated alkanes) is 1. The molecule has 0 spiro atoms. The van der Waals surface area contributed by atoms with Gasteiger partial charge in [-0.1, -0.05) is 49.2 Å². The SMILES string of the molecule is CC(C)(C)C(=O)OCOC(=O)[C@](N)(CCCCB(O)O)C1CC(NCc2ccc(-c3ccc(OC4CCOC4)cc3)cc2)C1. The van der Waals surface area contributed by atoms with Crippen molar-refractivity contribution in [1.82, 2.24) is 5.32 Å². The van der Waals surface area contributed by atoms with Crippen molar-refractivity contribution in [1.29, 1.82) is 0 Å². The van der Waals surface area contributed by atoms with Crippen LogP contribution in [0.25, 0.3) is 11.1 Å². The Bertz CT molecular complexity index is 1210. The monoisotopic (exact) mass is 610 g/mol. The van der Waals surface area contributed by atoms with E-state index in [-0.39, 0.29) is 24.4 Å². The second-order valence-corrected chi connectivity index (χ2v) is 13.1. The van der Waals surface area contributed by atoms with E-state index in [0.29, 0.717) is 45.3 Å². The Morgan fingerprint density at radius 2 is 1.61 bits per heavy atom. The Morgan fingerprint density at radius 3 is 2.20 bits per heavy atom. The van der Waals surface area contributed by atoms with E-state index < -0.39 is 36.8 Å². The van der Waals surface area contributed by atoms with E-state index >= 15 is 0 Å². The summed E-state index contributed by atoms with van der Waals surface area (Å²) < 4.78 is 21.8. The minimum absolute atomic E-state index is 0.111. The Kier molecular flexibility index (Phi) is 11.8. The number of carbonyl (C=O) groups is 2. The lowest BCUT2D eigenvalue weighted by Crippen LogP contribution is -2.61. The predicted molar refractivity (Wildman–Crippen MR) is 167 cm³/mol. The van der Waals surface area contributed by atoms with Crippen molar-refractivity contribution in [2.75, 3.05) is 20.0 Å². The molecule has 11 heteroatoms. The molecular weight excluding hydrogens is 563 g/mol. The Morgan fingerprint density at radius 1 is 0.977 bits per heavy atom. The molecule has 1 saturated heterocycles. The van der Waals surface area contributed by atoms with Gasteiger partial charge < -0.3 is 40.0 Å². The van der Waals surface area contributed by atoms with Crippen LogP contribution in [0, 0.1) is 11.3 Å². The zero-order valence-corrected chi connectivity index (χ0v) is 26.1. The molecule has 0 radical (unpaired) electrons. The summed E-state index contributed by atoms with van der Waals surface area (Å²) in [5.41, 5.74) is 8.11. The second kappa shape index (κ2) is 15.4. The van der Waals surface area contributed by atoms with Crippen molar-refractivity contribution < 1.29 is 38.6 Å². The third-order valence-corrected chi connectivity index (χ3v) is 8.47. The summed E-state index contributed by atoms with van der Waals surface area (Å²) in [6.07, 6.45) is 4.06. The standard InChI is InChI=1S/C33H47BN2O8/c1-32(2,3)30(37)42-22-43-31(38)33(35,15-4-5-16-34(39)40)26-18-27(19-26)36-20-23-6-8-24(9-7-23)25-10-12-28(13-11-25)44-29-14-17-41-21-29/h6-13,26-27,29,36,39-40H,4-5,14-22,35H2,1-3H3/t26?,27?,29?,33-/m0/s1. The average molecular weight is 611 g/mol. The molecule has 2 aromatic rings. The predicted octanol–water partition coefficient (Wildman–Crippen LogP) is 3.82. The fourth-order valence-electron chi connectivity index (χ4n) is 5.51. The molecule has 2 atom stereocenters. The van der Waals surface area contributed by atoms with Crippen LogP contribution in [0.3, 0.4) is 0 Å². The largest absolute Gasteiger partial charge is 0.488 e. The van der Waals surface area contributed by atoms with Gasteiger partial charge in [-0.15, -0.1) is 0 Å². The fourth-order valence-corrected chi connectivity index (χ4v) is 5.51. The third-order valence-electron chi connectivity index (χ3n) is 8.47. The molecule has 0 bridgehead atoms. The molecule has 1 saturated carbocycles. The van der Waals surface area contributed by atoms with Crippen LogP contribution in [0.4, 0.5) is 0 Å². The summed E-state index contributed by atoms with van der Waals surface area (Å²) in [5, 5.41) is 21.9. The van der Waals surface area contributed by atoms with Gasteiger partial charge in [-0.05, 0) is 81.1 Å². The average Bonchev–Trinajstić information content (AvgIpc) is 3.47. The molecular formula is C33H47BN2O8. The fraction of sp³-hybridized carbons (Fsp3) is 0.576. The normalized spacial score (nSPS) is 21.2. The van der Waals surface area contributed by atoms with E-state index in [1.165, 1.54) is 0 Å². The lowest BCUT2D eigenvalue weighted by molar-refractivity contribution is -0.178. The van der Waals surface area contributed by atoms with Gasteiger partial charge in [0.05, 0.1) is 18.6 Å². The van der Waals surface area contributed by atoms with Crippen molar-refractivity contribution in [2.45, 2.75) is 89.8 Å². The number of hydrogen-bond donors (Lipinski definition) is 4. The zero-order chi connectivity index (χ0) is 31.7. The van der Waals surface area contributed by atoms with E-state index in [1.807, 2.05) is 12.1 Å². The molecule has 2 aliphatic rings. The van der Waals surface area contributed by atoms with Crippen molar-refractivity contribution in [2.24, 2.45) is 17.1 Å². The van der Waals surface area contributed by atoms with Gasteiger partial charge in [0.25, 0.3) is 0 Å². The van der Waals surface area contributed by atoms with Gasteiger partial charge in [0.1, 0.15) is 17.4 Å². The summed E-state index contributed by atoms with van der Waals surface area (Å²) in [6.45, 7) is 6.76. The third kappa shape index (κ3) is 9.52. The van der Waals surface area contributed by atoms with E-state index in [2.05, 4.69) is 41.7 Å². The number of benzene rings is 2. The van der Waals surface area contributed by atoms with E-state index in [1.54, 1.807) is 20.8 Å². The number of nitrogens with two attached hydrogens (primary N) is 1. The Balaban J connectivity index is 1.25. The lowest BCUT2D eigenvalue weighted by Gasteiger charge is -2.45. The second-order valence-electron chi connectivity index (χ2n) is 13.1. The molecule has 0 aromatic heterocycles. The maximum atomic E-state index is 13.1. The van der Waals surface area contributed by atoms with Crippen LogP contribution in [-0.4, -0.2) is 66.8 Å². The summed E-state index contributed by atoms with van der Waals surface area (Å²) in [4.78, 5) is 25.2. The molecule has 5 N–H and O–H groups in total. The van der Waals surface area contributed by atoms with Crippen LogP contribution >= 0.6 is 0 Å². The zero-order valence-electron chi connectivity index (χ0n) is 26.1. The van der Waals surface area contributed by atoms with Crippen LogP contribution in [0.2, 0.25) is 6.32 Å². The summed E-state index contributed by atoms with van der Waals surface area (Å²) in [5.74, 6) is -0.328. The molecule has 44 heavy (non-hydrogen) atoms. The van der Waals surface area contributed by atoms with E-state index in [0.717, 1.165) is 35.5 Å². The molecule has 1 aliphatic heterocycles. The van der Waals surface area contributed by atoms with Gasteiger partial charge >= 0.3 is 19.1 Å². The molecule has 1 heterocycles. The maximum absolute atomic E-state index is 13.1. The molecule has 2 aromatic carbocycles. The quantitative estimate of drug-likeness (QED) is 0.101. The van der Waals surface area contributed by atoms with Crippen molar-refractivity contribution in [3.8, 4) is 16.9 Å². The number of ether oxygens (including phenoxy) is 4. The summed E-state index contributed by atoms with van der Waals surface area (Å²) in [7, 11) is -1.39. The van der Waals surface area contributed by atoms with Crippen molar-refractivity contribution in [3.63, 3.8) is 0 Å². The lowest BCUT2D eigenvalue weighted by atomic mass is 9.66. The highest BCUT2D eigenvalue weighted by Gasteiger charge is 2.49. The smallest absolute Gasteiger partial charge is 0.451 e. The first-order valence-electron chi connectivity index (χ1n) is 15.6. The summed E-state index contributed by atoms with van der Waals surface area (Å²) in [6, 6.07) is 16.8.